The molecule has 1 aromatic heterocycles. The molecule has 1 fully saturated rings. The second-order valence-electron chi connectivity index (χ2n) is 7.85. The van der Waals surface area contributed by atoms with Gasteiger partial charge in [0.15, 0.2) is 5.78 Å². The van der Waals surface area contributed by atoms with Crippen LogP contribution in [0.25, 0.3) is 0 Å². The van der Waals surface area contributed by atoms with Crippen LogP contribution in [0.4, 0.5) is 0 Å². The molecule has 142 valence electrons. The molecule has 0 amide bonds. The molecule has 2 aliphatic rings. The lowest BCUT2D eigenvalue weighted by Gasteiger charge is -2.28. The Morgan fingerprint density at radius 3 is 2.74 bits per heavy atom. The average molecular weight is 364 g/mol. The van der Waals surface area contributed by atoms with Gasteiger partial charge in [0.1, 0.15) is 5.75 Å². The zero-order valence-corrected chi connectivity index (χ0v) is 16.0. The van der Waals surface area contributed by atoms with Gasteiger partial charge in [0.05, 0.1) is 0 Å². The van der Waals surface area contributed by atoms with Gasteiger partial charge >= 0.3 is 0 Å². The normalized spacial score (nSPS) is 19.7. The van der Waals surface area contributed by atoms with Gasteiger partial charge in [-0.25, -0.2) is 4.98 Å². The van der Waals surface area contributed by atoms with Crippen molar-refractivity contribution in [2.75, 3.05) is 6.54 Å². The molecule has 2 aromatic rings. The molecule has 1 atom stereocenters. The maximum absolute atomic E-state index is 11.4. The zero-order valence-electron chi connectivity index (χ0n) is 16.0. The van der Waals surface area contributed by atoms with E-state index in [0.717, 1.165) is 18.7 Å². The first kappa shape index (κ1) is 18.2. The van der Waals surface area contributed by atoms with Crippen molar-refractivity contribution >= 4 is 5.78 Å². The molecule has 0 radical (unpaired) electrons. The number of carbonyl (C=O) groups is 1. The molecule has 0 saturated heterocycles. The maximum atomic E-state index is 11.4. The third-order valence-corrected chi connectivity index (χ3v) is 5.95. The molecule has 0 aliphatic heterocycles. The smallest absolute Gasteiger partial charge is 0.219 e. The van der Waals surface area contributed by atoms with Gasteiger partial charge in [-0.2, -0.15) is 0 Å². The van der Waals surface area contributed by atoms with Crippen LogP contribution in [0.3, 0.4) is 0 Å². The highest BCUT2D eigenvalue weighted by atomic mass is 16.5. The molecule has 1 heterocycles. The molecule has 0 bridgehead atoms. The van der Waals surface area contributed by atoms with E-state index in [-0.39, 0.29) is 5.78 Å². The van der Waals surface area contributed by atoms with Gasteiger partial charge in [-0.1, -0.05) is 25.0 Å². The minimum atomic E-state index is 0.0174. The molecule has 1 unspecified atom stereocenters. The summed E-state index contributed by atoms with van der Waals surface area (Å²) in [6, 6.07) is 10.6. The Labute approximate surface area is 161 Å². The second-order valence-corrected chi connectivity index (χ2v) is 7.85. The Hall–Kier alpha value is -2.20. The number of ketones is 1. The van der Waals surface area contributed by atoms with Gasteiger partial charge in [-0.3, -0.25) is 4.79 Å². The second kappa shape index (κ2) is 8.22. The Balaban J connectivity index is 1.49. The number of pyridine rings is 1. The van der Waals surface area contributed by atoms with E-state index in [1.165, 1.54) is 49.7 Å². The number of nitrogens with zero attached hydrogens (tertiary/aromatic N) is 1. The van der Waals surface area contributed by atoms with Gasteiger partial charge in [-0.05, 0) is 68.2 Å². The van der Waals surface area contributed by atoms with Crippen LogP contribution in [-0.4, -0.2) is 23.4 Å². The molecule has 4 heteroatoms. The van der Waals surface area contributed by atoms with Crippen LogP contribution in [0.5, 0.6) is 11.6 Å². The van der Waals surface area contributed by atoms with E-state index in [4.69, 9.17) is 4.74 Å². The van der Waals surface area contributed by atoms with Gasteiger partial charge in [-0.15, -0.1) is 0 Å². The van der Waals surface area contributed by atoms with E-state index < -0.39 is 0 Å². The predicted molar refractivity (Wildman–Crippen MR) is 107 cm³/mol. The fraction of sp³-hybridized carbons (Fsp3) is 0.478. The van der Waals surface area contributed by atoms with Gasteiger partial charge < -0.3 is 10.1 Å². The molecular weight excluding hydrogens is 336 g/mol. The number of rotatable bonds is 6. The van der Waals surface area contributed by atoms with Crippen LogP contribution < -0.4 is 10.1 Å². The summed E-state index contributed by atoms with van der Waals surface area (Å²) in [5.41, 5.74) is 3.35. The molecule has 4 rings (SSSR count). The van der Waals surface area contributed by atoms with Crippen molar-refractivity contribution in [3.63, 3.8) is 0 Å². The van der Waals surface area contributed by atoms with Crippen LogP contribution in [-0.2, 0) is 6.42 Å². The highest BCUT2D eigenvalue weighted by Gasteiger charge is 2.24. The summed E-state index contributed by atoms with van der Waals surface area (Å²) >= 11 is 0. The third-order valence-electron chi connectivity index (χ3n) is 5.95. The Morgan fingerprint density at radius 2 is 2.00 bits per heavy atom. The van der Waals surface area contributed by atoms with Crippen LogP contribution in [0.15, 0.2) is 36.5 Å². The zero-order chi connectivity index (χ0) is 18.6. The van der Waals surface area contributed by atoms with Crippen molar-refractivity contribution in [2.24, 2.45) is 0 Å². The minimum Gasteiger partial charge on any atom is -0.439 e. The first-order valence-corrected chi connectivity index (χ1v) is 10.2. The summed E-state index contributed by atoms with van der Waals surface area (Å²) in [7, 11) is 0. The number of benzene rings is 1. The molecule has 1 saturated carbocycles. The van der Waals surface area contributed by atoms with E-state index >= 15 is 0 Å². The maximum Gasteiger partial charge on any atom is 0.219 e. The van der Waals surface area contributed by atoms with Crippen molar-refractivity contribution < 1.29 is 9.53 Å². The van der Waals surface area contributed by atoms with Crippen molar-refractivity contribution in [1.29, 1.82) is 0 Å². The van der Waals surface area contributed by atoms with Gasteiger partial charge in [0.2, 0.25) is 5.88 Å². The summed E-state index contributed by atoms with van der Waals surface area (Å²) in [6.45, 7) is 2.61. The molecule has 4 nitrogen and oxygen atoms in total. The molecular formula is C23H28N2O2. The summed E-state index contributed by atoms with van der Waals surface area (Å²) in [6.07, 6.45) is 10.5. The van der Waals surface area contributed by atoms with Crippen molar-refractivity contribution in [3.05, 3.63) is 53.2 Å². The number of Topliss-reactive ketones (excluding diaryl/α,β-unsaturated/α-hetero) is 1. The van der Waals surface area contributed by atoms with E-state index in [1.54, 1.807) is 25.3 Å². The SMILES string of the molecule is CC(=O)c1ccc(Oc2cccc3c2CCCC3CNC2CCCC2)nc1. The average Bonchev–Trinajstić information content (AvgIpc) is 3.21. The lowest BCUT2D eigenvalue weighted by molar-refractivity contribution is 0.101. The van der Waals surface area contributed by atoms with Crippen LogP contribution >= 0.6 is 0 Å². The molecule has 0 spiro atoms. The number of hydrogen-bond donors (Lipinski definition) is 1. The summed E-state index contributed by atoms with van der Waals surface area (Å²) < 4.78 is 6.09. The van der Waals surface area contributed by atoms with E-state index in [9.17, 15) is 4.79 Å². The van der Waals surface area contributed by atoms with Gasteiger partial charge in [0, 0.05) is 30.4 Å². The fourth-order valence-electron chi connectivity index (χ4n) is 4.42. The van der Waals surface area contributed by atoms with Gasteiger partial charge in [0.25, 0.3) is 0 Å². The lowest BCUT2D eigenvalue weighted by Crippen LogP contribution is -2.31. The summed E-state index contributed by atoms with van der Waals surface area (Å²) in [4.78, 5) is 15.7. The highest BCUT2D eigenvalue weighted by Crippen LogP contribution is 2.38. The number of ether oxygens (including phenoxy) is 1. The van der Waals surface area contributed by atoms with E-state index in [2.05, 4.69) is 22.4 Å². The first-order valence-electron chi connectivity index (χ1n) is 10.2. The highest BCUT2D eigenvalue weighted by molar-refractivity contribution is 5.93. The molecule has 1 N–H and O–H groups in total. The van der Waals surface area contributed by atoms with Crippen molar-refractivity contribution in [2.45, 2.75) is 63.8 Å². The Kier molecular flexibility index (Phi) is 5.53. The first-order chi connectivity index (χ1) is 13.2. The number of aromatic nitrogens is 1. The van der Waals surface area contributed by atoms with E-state index in [0.29, 0.717) is 23.4 Å². The van der Waals surface area contributed by atoms with Crippen LogP contribution in [0.2, 0.25) is 0 Å². The number of hydrogen-bond acceptors (Lipinski definition) is 4. The fourth-order valence-corrected chi connectivity index (χ4v) is 4.42. The number of nitrogens with one attached hydrogen (secondary N) is 1. The van der Waals surface area contributed by atoms with Crippen molar-refractivity contribution in [1.82, 2.24) is 10.3 Å². The summed E-state index contributed by atoms with van der Waals surface area (Å²) in [5, 5.41) is 3.79. The molecule has 2 aliphatic carbocycles. The minimum absolute atomic E-state index is 0.0174. The summed E-state index contributed by atoms with van der Waals surface area (Å²) in [5.74, 6) is 2.02. The topological polar surface area (TPSA) is 51.2 Å². The monoisotopic (exact) mass is 364 g/mol. The Morgan fingerprint density at radius 1 is 1.15 bits per heavy atom. The van der Waals surface area contributed by atoms with E-state index in [1.807, 2.05) is 6.07 Å². The predicted octanol–water partition coefficient (Wildman–Crippen LogP) is 5.03. The van der Waals surface area contributed by atoms with Crippen LogP contribution in [0, 0.1) is 0 Å². The largest absolute Gasteiger partial charge is 0.439 e. The molecule has 1 aromatic carbocycles. The van der Waals surface area contributed by atoms with Crippen LogP contribution in [0.1, 0.15) is 72.9 Å². The van der Waals surface area contributed by atoms with Crippen molar-refractivity contribution in [3.8, 4) is 11.6 Å². The number of carbonyl (C=O) groups excluding carboxylic acids is 1. The standard InChI is InChI=1S/C23H28N2O2/c1-16(26)17-12-13-23(25-14-17)27-22-11-5-9-20-18(6-4-10-21(20)22)15-24-19-7-2-3-8-19/h5,9,11-14,18-19,24H,2-4,6-8,10,15H2,1H3. The third kappa shape index (κ3) is 4.22. The number of fused-ring (bicyclic) bond motifs is 1. The Bertz CT molecular complexity index is 795. The lowest BCUT2D eigenvalue weighted by atomic mass is 9.82. The molecule has 27 heavy (non-hydrogen) atoms. The quantitative estimate of drug-likeness (QED) is 0.731.